The lowest BCUT2D eigenvalue weighted by molar-refractivity contribution is -0.137. The molecule has 1 aromatic carbocycles. The van der Waals surface area contributed by atoms with Gasteiger partial charge in [-0.05, 0) is 18.2 Å². The van der Waals surface area contributed by atoms with Crippen LogP contribution in [0.4, 0.5) is 29.1 Å². The second-order valence-electron chi connectivity index (χ2n) is 5.86. The van der Waals surface area contributed by atoms with Crippen molar-refractivity contribution in [3.8, 4) is 0 Å². The number of amides is 1. The van der Waals surface area contributed by atoms with Crippen molar-refractivity contribution in [3.05, 3.63) is 53.6 Å². The van der Waals surface area contributed by atoms with Crippen LogP contribution in [0.3, 0.4) is 0 Å². The summed E-state index contributed by atoms with van der Waals surface area (Å²) in [6.07, 6.45) is -2.78. The van der Waals surface area contributed by atoms with Crippen molar-refractivity contribution in [1.82, 2.24) is 15.2 Å². The number of hydrogen-bond acceptors (Lipinski definition) is 8. The molecule has 0 saturated carbocycles. The van der Waals surface area contributed by atoms with E-state index in [0.717, 1.165) is 16.5 Å². The minimum absolute atomic E-state index is 0.118. The second-order valence-corrected chi connectivity index (χ2v) is 8.89. The summed E-state index contributed by atoms with van der Waals surface area (Å²) in [6.45, 7) is 5.50. The number of anilines is 3. The summed E-state index contributed by atoms with van der Waals surface area (Å²) < 4.78 is 39.8. The molecule has 158 valence electrons. The zero-order valence-electron chi connectivity index (χ0n) is 15.6. The molecule has 0 bridgehead atoms. The first kappa shape index (κ1) is 22.2. The van der Waals surface area contributed by atoms with Gasteiger partial charge in [0.15, 0.2) is 9.47 Å². The van der Waals surface area contributed by atoms with Gasteiger partial charge in [0.2, 0.25) is 11.0 Å². The second kappa shape index (κ2) is 9.58. The number of nitrogens with one attached hydrogen (secondary N) is 1. The Morgan fingerprint density at radius 1 is 1.37 bits per heavy atom. The van der Waals surface area contributed by atoms with Gasteiger partial charge >= 0.3 is 6.18 Å². The molecule has 3 rings (SSSR count). The molecule has 2 heterocycles. The molecule has 2 aromatic heterocycles. The molecule has 1 amide bonds. The fraction of sp³-hybridized carbons (Fsp3) is 0.222. The van der Waals surface area contributed by atoms with Crippen LogP contribution < -0.4 is 10.2 Å². The molecular weight excluding hydrogens is 455 g/mol. The topological polar surface area (TPSA) is 71.0 Å². The molecule has 0 aliphatic heterocycles. The average Bonchev–Trinajstić information content (AvgIpc) is 3.34. The maximum absolute atomic E-state index is 13.0. The van der Waals surface area contributed by atoms with Crippen LogP contribution in [0.5, 0.6) is 0 Å². The number of halogens is 3. The highest BCUT2D eigenvalue weighted by molar-refractivity contribution is 8.00. The zero-order valence-corrected chi connectivity index (χ0v) is 18.1. The minimum Gasteiger partial charge on any atom is -0.357 e. The summed E-state index contributed by atoms with van der Waals surface area (Å²) in [4.78, 5) is 17.8. The Balaban J connectivity index is 1.73. The lowest BCUT2D eigenvalue weighted by Gasteiger charge is -2.19. The predicted octanol–water partition coefficient (Wildman–Crippen LogP) is 5.59. The summed E-state index contributed by atoms with van der Waals surface area (Å²) in [5, 5.41) is 13.9. The van der Waals surface area contributed by atoms with E-state index in [1.54, 1.807) is 11.5 Å². The van der Waals surface area contributed by atoms with Crippen molar-refractivity contribution in [1.29, 1.82) is 0 Å². The Hall–Kier alpha value is -2.44. The third kappa shape index (κ3) is 5.58. The Morgan fingerprint density at radius 2 is 2.17 bits per heavy atom. The van der Waals surface area contributed by atoms with Crippen molar-refractivity contribution in [2.75, 3.05) is 16.8 Å². The minimum atomic E-state index is -4.50. The number of thioether (sulfide) groups is 1. The van der Waals surface area contributed by atoms with E-state index in [0.29, 0.717) is 28.3 Å². The zero-order chi connectivity index (χ0) is 21.7. The summed E-state index contributed by atoms with van der Waals surface area (Å²) in [5.41, 5.74) is -0.0160. The van der Waals surface area contributed by atoms with Gasteiger partial charge in [0, 0.05) is 24.6 Å². The van der Waals surface area contributed by atoms with Crippen molar-refractivity contribution in [2.45, 2.75) is 23.2 Å². The number of hydrogen-bond donors (Lipinski definition) is 1. The maximum atomic E-state index is 13.0. The summed E-state index contributed by atoms with van der Waals surface area (Å²) in [7, 11) is 0. The third-order valence-corrected chi connectivity index (χ3v) is 6.55. The number of nitrogens with zero attached hydrogens (tertiary/aromatic N) is 4. The van der Waals surface area contributed by atoms with Crippen molar-refractivity contribution >= 4 is 56.3 Å². The summed E-state index contributed by atoms with van der Waals surface area (Å²) >= 11 is 4.02. The van der Waals surface area contributed by atoms with E-state index in [4.69, 9.17) is 0 Å². The number of alkyl halides is 3. The van der Waals surface area contributed by atoms with Crippen molar-refractivity contribution in [2.24, 2.45) is 0 Å². The molecule has 30 heavy (non-hydrogen) atoms. The number of rotatable bonds is 8. The first-order valence-electron chi connectivity index (χ1n) is 8.51. The van der Waals surface area contributed by atoms with Gasteiger partial charge < -0.3 is 5.32 Å². The summed E-state index contributed by atoms with van der Waals surface area (Å²) in [5.74, 6) is 0.0610. The van der Waals surface area contributed by atoms with Crippen LogP contribution in [0.25, 0.3) is 0 Å². The largest absolute Gasteiger partial charge is 0.416 e. The predicted molar refractivity (Wildman–Crippen MR) is 115 cm³/mol. The lowest BCUT2D eigenvalue weighted by atomic mass is 10.2. The van der Waals surface area contributed by atoms with E-state index in [1.807, 2.05) is 0 Å². The molecule has 3 aromatic rings. The van der Waals surface area contributed by atoms with E-state index < -0.39 is 17.6 Å². The van der Waals surface area contributed by atoms with Gasteiger partial charge in [0.05, 0.1) is 16.9 Å². The van der Waals surface area contributed by atoms with Gasteiger partial charge in [-0.1, -0.05) is 35.2 Å². The Labute approximate surface area is 182 Å². The number of thiazole rings is 1. The molecule has 0 fully saturated rings. The number of benzene rings is 1. The lowest BCUT2D eigenvalue weighted by Crippen LogP contribution is -2.23. The van der Waals surface area contributed by atoms with Crippen LogP contribution in [0, 0.1) is 0 Å². The molecular formula is C18H16F3N5OS3. The number of carbonyl (C=O) groups excluding carboxylic acids is 1. The smallest absolute Gasteiger partial charge is 0.357 e. The van der Waals surface area contributed by atoms with Gasteiger partial charge in [-0.25, -0.2) is 4.98 Å². The van der Waals surface area contributed by atoms with Gasteiger partial charge in [-0.2, -0.15) is 13.2 Å². The van der Waals surface area contributed by atoms with E-state index in [-0.39, 0.29) is 5.69 Å². The van der Waals surface area contributed by atoms with E-state index in [2.05, 4.69) is 27.1 Å². The molecule has 12 heteroatoms. The van der Waals surface area contributed by atoms with Crippen molar-refractivity contribution in [3.63, 3.8) is 0 Å². The van der Waals surface area contributed by atoms with Gasteiger partial charge in [-0.3, -0.25) is 9.69 Å². The summed E-state index contributed by atoms with van der Waals surface area (Å²) in [6, 6.07) is 4.62. The van der Waals surface area contributed by atoms with E-state index in [1.165, 1.54) is 58.4 Å². The van der Waals surface area contributed by atoms with Crippen molar-refractivity contribution < 1.29 is 18.0 Å². The Bertz CT molecular complexity index is 1030. The fourth-order valence-electron chi connectivity index (χ4n) is 2.35. The quantitative estimate of drug-likeness (QED) is 0.341. The van der Waals surface area contributed by atoms with E-state index in [9.17, 15) is 18.0 Å². The van der Waals surface area contributed by atoms with Gasteiger partial charge in [0.25, 0.3) is 0 Å². The van der Waals surface area contributed by atoms with Crippen LogP contribution in [0.1, 0.15) is 18.2 Å². The molecule has 0 radical (unpaired) electrons. The highest BCUT2D eigenvalue weighted by Crippen LogP contribution is 2.36. The van der Waals surface area contributed by atoms with Crippen LogP contribution in [-0.4, -0.2) is 27.6 Å². The highest BCUT2D eigenvalue weighted by Gasteiger charge is 2.31. The molecule has 0 spiro atoms. The van der Waals surface area contributed by atoms with Crippen LogP contribution in [0.15, 0.2) is 46.6 Å². The molecule has 1 N–H and O–H groups in total. The molecule has 0 atom stereocenters. The number of carbonyl (C=O) groups is 1. The van der Waals surface area contributed by atoms with Crippen LogP contribution >= 0.6 is 34.4 Å². The average molecular weight is 472 g/mol. The Kier molecular flexibility index (Phi) is 7.10. The first-order valence-corrected chi connectivity index (χ1v) is 11.2. The third-order valence-electron chi connectivity index (χ3n) is 3.63. The monoisotopic (exact) mass is 471 g/mol. The first-order chi connectivity index (χ1) is 14.3. The van der Waals surface area contributed by atoms with Crippen LogP contribution in [0.2, 0.25) is 0 Å². The van der Waals surface area contributed by atoms with E-state index >= 15 is 0 Å². The molecule has 6 nitrogen and oxygen atoms in total. The SMILES string of the molecule is C=CCNc1nnc(SCc2csc(N(C(C)=O)c3cccc(C(F)(F)F)c3)n2)s1. The maximum Gasteiger partial charge on any atom is 0.416 e. The molecule has 0 aliphatic rings. The molecule has 0 aliphatic carbocycles. The highest BCUT2D eigenvalue weighted by atomic mass is 32.2. The van der Waals surface area contributed by atoms with Gasteiger partial charge in [0.1, 0.15) is 0 Å². The number of aromatic nitrogens is 3. The molecule has 0 unspecified atom stereocenters. The normalized spacial score (nSPS) is 11.3. The molecule has 0 saturated heterocycles. The van der Waals surface area contributed by atoms with Gasteiger partial charge in [-0.15, -0.1) is 28.1 Å². The van der Waals surface area contributed by atoms with Crippen LogP contribution in [-0.2, 0) is 16.7 Å². The Morgan fingerprint density at radius 3 is 2.87 bits per heavy atom. The standard InChI is InChI=1S/C18H16F3N5OS3/c1-3-7-22-15-24-25-17(30-15)29-10-13-9-28-16(23-13)26(11(2)27)14-6-4-5-12(8-14)18(19,20)21/h3-6,8-9H,1,7,10H2,2H3,(H,22,24). The fourth-order valence-corrected chi connectivity index (χ4v) is 4.99.